The van der Waals surface area contributed by atoms with Crippen LogP contribution in [0.1, 0.15) is 44.2 Å². The van der Waals surface area contributed by atoms with Crippen molar-refractivity contribution < 1.29 is 9.47 Å². The van der Waals surface area contributed by atoms with Crippen molar-refractivity contribution in [3.05, 3.63) is 23.8 Å². The minimum Gasteiger partial charge on any atom is -0.454 e. The standard InChI is InChI=1S/C15H22N2O2/c1-10(17-13-5-3-12(16)4-6-13)11-2-7-14-15(8-11)19-9-18-14/h2,7-8,10,12-13,17H,3-6,9,16H2,1H3. The van der Waals surface area contributed by atoms with Crippen molar-refractivity contribution in [1.82, 2.24) is 5.32 Å². The number of rotatable bonds is 3. The summed E-state index contributed by atoms with van der Waals surface area (Å²) in [7, 11) is 0. The SMILES string of the molecule is CC(NC1CCC(N)CC1)c1ccc2c(c1)OCO2. The van der Waals surface area contributed by atoms with Crippen LogP contribution in [0.2, 0.25) is 0 Å². The molecule has 0 radical (unpaired) electrons. The zero-order chi connectivity index (χ0) is 13.2. The lowest BCUT2D eigenvalue weighted by atomic mass is 9.91. The van der Waals surface area contributed by atoms with Crippen LogP contribution in [0.4, 0.5) is 0 Å². The predicted octanol–water partition coefficient (Wildman–Crippen LogP) is 2.34. The van der Waals surface area contributed by atoms with Crippen molar-refractivity contribution in [2.45, 2.75) is 50.7 Å². The van der Waals surface area contributed by atoms with Crippen LogP contribution in [-0.2, 0) is 0 Å². The maximum absolute atomic E-state index is 5.94. The Balaban J connectivity index is 1.62. The Labute approximate surface area is 114 Å². The summed E-state index contributed by atoms with van der Waals surface area (Å²) in [6, 6.07) is 7.49. The van der Waals surface area contributed by atoms with Gasteiger partial charge in [0.2, 0.25) is 6.79 Å². The minimum atomic E-state index is 0.328. The number of hydrogen-bond donors (Lipinski definition) is 2. The van der Waals surface area contributed by atoms with Gasteiger partial charge in [-0.15, -0.1) is 0 Å². The maximum Gasteiger partial charge on any atom is 0.231 e. The Hall–Kier alpha value is -1.26. The Morgan fingerprint density at radius 1 is 1.16 bits per heavy atom. The summed E-state index contributed by atoms with van der Waals surface area (Å²) < 4.78 is 10.8. The second kappa shape index (κ2) is 5.39. The molecular weight excluding hydrogens is 240 g/mol. The maximum atomic E-state index is 5.94. The lowest BCUT2D eigenvalue weighted by Gasteiger charge is -2.29. The zero-order valence-corrected chi connectivity index (χ0v) is 11.4. The van der Waals surface area contributed by atoms with Gasteiger partial charge in [-0.25, -0.2) is 0 Å². The van der Waals surface area contributed by atoms with E-state index in [1.807, 2.05) is 6.07 Å². The van der Waals surface area contributed by atoms with Crippen LogP contribution in [0, 0.1) is 0 Å². The van der Waals surface area contributed by atoms with Crippen molar-refractivity contribution >= 4 is 0 Å². The van der Waals surface area contributed by atoms with Crippen molar-refractivity contribution in [3.63, 3.8) is 0 Å². The fourth-order valence-electron chi connectivity index (χ4n) is 2.92. The second-order valence-electron chi connectivity index (χ2n) is 5.61. The van der Waals surface area contributed by atoms with Crippen LogP contribution in [0.5, 0.6) is 11.5 Å². The number of ether oxygens (including phenoxy) is 2. The molecule has 1 fully saturated rings. The molecule has 104 valence electrons. The molecule has 3 rings (SSSR count). The zero-order valence-electron chi connectivity index (χ0n) is 11.4. The van der Waals surface area contributed by atoms with E-state index in [-0.39, 0.29) is 0 Å². The first kappa shape index (κ1) is 12.8. The third-order valence-electron chi connectivity index (χ3n) is 4.15. The van der Waals surface area contributed by atoms with Gasteiger partial charge in [-0.1, -0.05) is 6.07 Å². The molecule has 1 aliphatic heterocycles. The fourth-order valence-corrected chi connectivity index (χ4v) is 2.92. The van der Waals surface area contributed by atoms with Crippen molar-refractivity contribution in [1.29, 1.82) is 0 Å². The molecule has 4 nitrogen and oxygen atoms in total. The number of fused-ring (bicyclic) bond motifs is 1. The molecule has 3 N–H and O–H groups in total. The minimum absolute atomic E-state index is 0.328. The summed E-state index contributed by atoms with van der Waals surface area (Å²) in [5.74, 6) is 1.71. The van der Waals surface area contributed by atoms with E-state index in [1.165, 1.54) is 18.4 Å². The summed E-state index contributed by atoms with van der Waals surface area (Å²) in [4.78, 5) is 0. The third kappa shape index (κ3) is 2.85. The van der Waals surface area contributed by atoms with Gasteiger partial charge in [-0.2, -0.15) is 0 Å². The van der Waals surface area contributed by atoms with E-state index in [0.29, 0.717) is 24.9 Å². The molecule has 19 heavy (non-hydrogen) atoms. The van der Waals surface area contributed by atoms with Crippen molar-refractivity contribution in [2.75, 3.05) is 6.79 Å². The van der Waals surface area contributed by atoms with Gasteiger partial charge < -0.3 is 20.5 Å². The van der Waals surface area contributed by atoms with Crippen LogP contribution in [-0.4, -0.2) is 18.9 Å². The smallest absolute Gasteiger partial charge is 0.231 e. The first-order valence-corrected chi connectivity index (χ1v) is 7.13. The highest BCUT2D eigenvalue weighted by Gasteiger charge is 2.21. The first-order valence-electron chi connectivity index (χ1n) is 7.13. The Morgan fingerprint density at radius 2 is 1.89 bits per heavy atom. The molecule has 1 heterocycles. The molecule has 1 saturated carbocycles. The average molecular weight is 262 g/mol. The third-order valence-corrected chi connectivity index (χ3v) is 4.15. The largest absolute Gasteiger partial charge is 0.454 e. The first-order chi connectivity index (χ1) is 9.22. The average Bonchev–Trinajstić information content (AvgIpc) is 2.88. The highest BCUT2D eigenvalue weighted by Crippen LogP contribution is 2.34. The fraction of sp³-hybridized carbons (Fsp3) is 0.600. The van der Waals surface area contributed by atoms with E-state index in [1.54, 1.807) is 0 Å². The van der Waals surface area contributed by atoms with E-state index in [9.17, 15) is 0 Å². The van der Waals surface area contributed by atoms with E-state index >= 15 is 0 Å². The molecule has 0 aromatic heterocycles. The summed E-state index contributed by atoms with van der Waals surface area (Å²) >= 11 is 0. The lowest BCUT2D eigenvalue weighted by Crippen LogP contribution is -2.38. The summed E-state index contributed by atoms with van der Waals surface area (Å²) in [5.41, 5.74) is 7.19. The quantitative estimate of drug-likeness (QED) is 0.878. The van der Waals surface area contributed by atoms with Gasteiger partial charge in [0.25, 0.3) is 0 Å². The van der Waals surface area contributed by atoms with Crippen LogP contribution in [0.15, 0.2) is 18.2 Å². The molecule has 2 aliphatic rings. The van der Waals surface area contributed by atoms with E-state index in [2.05, 4.69) is 24.4 Å². The number of benzene rings is 1. The molecule has 1 atom stereocenters. The number of hydrogen-bond acceptors (Lipinski definition) is 4. The number of nitrogens with one attached hydrogen (secondary N) is 1. The molecular formula is C15H22N2O2. The van der Waals surface area contributed by atoms with Gasteiger partial charge in [0.1, 0.15) is 0 Å². The lowest BCUT2D eigenvalue weighted by molar-refractivity contribution is 0.174. The van der Waals surface area contributed by atoms with Gasteiger partial charge in [-0.3, -0.25) is 0 Å². The van der Waals surface area contributed by atoms with Crippen LogP contribution in [0.3, 0.4) is 0 Å². The molecule has 1 aliphatic carbocycles. The molecule has 0 saturated heterocycles. The van der Waals surface area contributed by atoms with Gasteiger partial charge >= 0.3 is 0 Å². The molecule has 0 amide bonds. The topological polar surface area (TPSA) is 56.5 Å². The van der Waals surface area contributed by atoms with Crippen LogP contribution >= 0.6 is 0 Å². The monoisotopic (exact) mass is 262 g/mol. The highest BCUT2D eigenvalue weighted by atomic mass is 16.7. The Bertz CT molecular complexity index is 442. The summed E-state index contributed by atoms with van der Waals surface area (Å²) in [5, 5.41) is 3.69. The van der Waals surface area contributed by atoms with E-state index in [4.69, 9.17) is 15.2 Å². The predicted molar refractivity (Wildman–Crippen MR) is 74.3 cm³/mol. The number of nitrogens with two attached hydrogens (primary N) is 1. The Morgan fingerprint density at radius 3 is 2.68 bits per heavy atom. The molecule has 1 unspecified atom stereocenters. The van der Waals surface area contributed by atoms with E-state index in [0.717, 1.165) is 24.3 Å². The van der Waals surface area contributed by atoms with Gasteiger partial charge in [0.05, 0.1) is 0 Å². The van der Waals surface area contributed by atoms with Crippen molar-refractivity contribution in [2.24, 2.45) is 5.73 Å². The van der Waals surface area contributed by atoms with Gasteiger partial charge in [-0.05, 0) is 50.3 Å². The second-order valence-corrected chi connectivity index (χ2v) is 5.61. The van der Waals surface area contributed by atoms with Gasteiger partial charge in [0.15, 0.2) is 11.5 Å². The Kier molecular flexibility index (Phi) is 3.62. The van der Waals surface area contributed by atoms with Crippen LogP contribution < -0.4 is 20.5 Å². The highest BCUT2D eigenvalue weighted by molar-refractivity contribution is 5.45. The molecule has 0 bridgehead atoms. The normalized spacial score (nSPS) is 27.3. The molecule has 0 spiro atoms. The van der Waals surface area contributed by atoms with Gasteiger partial charge in [0, 0.05) is 18.1 Å². The summed E-state index contributed by atoms with van der Waals surface area (Å²) in [6.45, 7) is 2.53. The molecule has 1 aromatic carbocycles. The molecule has 1 aromatic rings. The molecule has 4 heteroatoms. The van der Waals surface area contributed by atoms with Crippen LogP contribution in [0.25, 0.3) is 0 Å². The summed E-state index contributed by atoms with van der Waals surface area (Å²) in [6.07, 6.45) is 4.61. The van der Waals surface area contributed by atoms with Crippen molar-refractivity contribution in [3.8, 4) is 11.5 Å². The van der Waals surface area contributed by atoms with E-state index < -0.39 is 0 Å².